The van der Waals surface area contributed by atoms with Gasteiger partial charge in [0.1, 0.15) is 4.87 Å². The van der Waals surface area contributed by atoms with Crippen molar-refractivity contribution in [1.82, 2.24) is 0 Å². The maximum atomic E-state index is 11.2. The molecule has 0 radical (unpaired) electrons. The van der Waals surface area contributed by atoms with Gasteiger partial charge < -0.3 is 5.73 Å². The summed E-state index contributed by atoms with van der Waals surface area (Å²) in [4.78, 5) is -1.42. The van der Waals surface area contributed by atoms with Gasteiger partial charge in [-0.25, -0.2) is 0 Å². The molecular formula is C9H19NO3S. The van der Waals surface area contributed by atoms with Crippen molar-refractivity contribution < 1.29 is 13.0 Å². The van der Waals surface area contributed by atoms with E-state index in [0.717, 1.165) is 32.1 Å². The van der Waals surface area contributed by atoms with Crippen LogP contribution in [0.4, 0.5) is 0 Å². The Morgan fingerprint density at radius 2 is 1.86 bits per heavy atom. The Morgan fingerprint density at radius 3 is 2.21 bits per heavy atom. The zero-order valence-corrected chi connectivity index (χ0v) is 9.39. The lowest BCUT2D eigenvalue weighted by atomic mass is 9.83. The lowest BCUT2D eigenvalue weighted by Gasteiger charge is -2.36. The Morgan fingerprint density at radius 1 is 1.36 bits per heavy atom. The van der Waals surface area contributed by atoms with E-state index in [0.29, 0.717) is 0 Å². The van der Waals surface area contributed by atoms with Crippen LogP contribution in [0.15, 0.2) is 0 Å². The molecule has 4 nitrogen and oxygen atoms in total. The second-order valence-corrected chi connectivity index (χ2v) is 5.83. The third-order valence-corrected chi connectivity index (χ3v) is 4.91. The summed E-state index contributed by atoms with van der Waals surface area (Å²) in [5.74, 6) is -0.0868. The first kappa shape index (κ1) is 11.9. The first-order valence-corrected chi connectivity index (χ1v) is 6.61. The van der Waals surface area contributed by atoms with E-state index in [4.69, 9.17) is 10.3 Å². The minimum absolute atomic E-state index is 0.0868. The van der Waals surface area contributed by atoms with Crippen LogP contribution in [0.3, 0.4) is 0 Å². The van der Waals surface area contributed by atoms with Crippen molar-refractivity contribution in [2.24, 2.45) is 11.7 Å². The van der Waals surface area contributed by atoms with Crippen molar-refractivity contribution in [2.45, 2.75) is 50.3 Å². The van der Waals surface area contributed by atoms with E-state index in [-0.39, 0.29) is 12.3 Å². The molecule has 0 aromatic carbocycles. The summed E-state index contributed by atoms with van der Waals surface area (Å²) in [6.07, 6.45) is 5.06. The molecule has 1 atom stereocenters. The Kier molecular flexibility index (Phi) is 3.55. The van der Waals surface area contributed by atoms with Gasteiger partial charge in [-0.15, -0.1) is 0 Å². The zero-order valence-electron chi connectivity index (χ0n) is 8.57. The number of rotatable bonds is 3. The van der Waals surface area contributed by atoms with Crippen LogP contribution in [-0.2, 0) is 10.1 Å². The summed E-state index contributed by atoms with van der Waals surface area (Å²) in [6.45, 7) is 1.71. The third kappa shape index (κ3) is 2.10. The first-order chi connectivity index (χ1) is 6.42. The molecule has 0 bridgehead atoms. The van der Waals surface area contributed by atoms with Gasteiger partial charge in [0.05, 0.1) is 0 Å². The van der Waals surface area contributed by atoms with Crippen LogP contribution in [0.5, 0.6) is 0 Å². The standard InChI is InChI=1S/C9H19NO3S/c1-2-9(10,14(11,12)13)8-6-4-3-5-7-8/h8H,2-7,10H2,1H3,(H,11,12,13). The third-order valence-electron chi connectivity index (χ3n) is 3.33. The molecular weight excluding hydrogens is 202 g/mol. The molecule has 0 aromatic heterocycles. The highest BCUT2D eigenvalue weighted by molar-refractivity contribution is 7.87. The molecule has 0 saturated heterocycles. The summed E-state index contributed by atoms with van der Waals surface area (Å²) in [5.41, 5.74) is 5.81. The molecule has 0 heterocycles. The molecule has 0 amide bonds. The van der Waals surface area contributed by atoms with Gasteiger partial charge in [0.25, 0.3) is 10.1 Å². The predicted molar refractivity (Wildman–Crippen MR) is 55.3 cm³/mol. The SMILES string of the molecule is CCC(N)(C1CCCCC1)S(=O)(=O)O. The molecule has 1 fully saturated rings. The largest absolute Gasteiger partial charge is 0.310 e. The summed E-state index contributed by atoms with van der Waals surface area (Å²) in [5, 5.41) is 0. The van der Waals surface area contributed by atoms with Crippen molar-refractivity contribution >= 4 is 10.1 Å². The van der Waals surface area contributed by atoms with Crippen LogP contribution in [0.25, 0.3) is 0 Å². The van der Waals surface area contributed by atoms with Gasteiger partial charge >= 0.3 is 0 Å². The van der Waals surface area contributed by atoms with Crippen LogP contribution >= 0.6 is 0 Å². The van der Waals surface area contributed by atoms with Gasteiger partial charge in [0, 0.05) is 0 Å². The highest BCUT2D eigenvalue weighted by Crippen LogP contribution is 2.35. The molecule has 1 saturated carbocycles. The van der Waals surface area contributed by atoms with Crippen molar-refractivity contribution in [3.05, 3.63) is 0 Å². The van der Waals surface area contributed by atoms with E-state index in [1.807, 2.05) is 0 Å². The Balaban J connectivity index is 2.88. The van der Waals surface area contributed by atoms with E-state index in [1.165, 1.54) is 0 Å². The summed E-state index contributed by atoms with van der Waals surface area (Å²) in [6, 6.07) is 0. The smallest absolute Gasteiger partial charge is 0.284 e. The molecule has 14 heavy (non-hydrogen) atoms. The predicted octanol–water partition coefficient (Wildman–Crippen LogP) is 1.52. The quantitative estimate of drug-likeness (QED) is 0.708. The van der Waals surface area contributed by atoms with E-state index < -0.39 is 15.0 Å². The highest BCUT2D eigenvalue weighted by atomic mass is 32.2. The molecule has 0 spiro atoms. The summed E-state index contributed by atoms with van der Waals surface area (Å²) >= 11 is 0. The molecule has 1 rings (SSSR count). The molecule has 0 aromatic rings. The van der Waals surface area contributed by atoms with Gasteiger partial charge in [-0.2, -0.15) is 8.42 Å². The highest BCUT2D eigenvalue weighted by Gasteiger charge is 2.44. The molecule has 5 heteroatoms. The molecule has 84 valence electrons. The van der Waals surface area contributed by atoms with Crippen LogP contribution in [0.2, 0.25) is 0 Å². The molecule has 0 aliphatic heterocycles. The van der Waals surface area contributed by atoms with Crippen LogP contribution in [0.1, 0.15) is 45.4 Å². The number of hydrogen-bond acceptors (Lipinski definition) is 3. The van der Waals surface area contributed by atoms with Gasteiger partial charge in [0.2, 0.25) is 0 Å². The van der Waals surface area contributed by atoms with E-state index in [9.17, 15) is 8.42 Å². The van der Waals surface area contributed by atoms with Gasteiger partial charge in [-0.05, 0) is 25.2 Å². The maximum absolute atomic E-state index is 11.2. The normalized spacial score (nSPS) is 24.5. The van der Waals surface area contributed by atoms with Crippen molar-refractivity contribution in [1.29, 1.82) is 0 Å². The van der Waals surface area contributed by atoms with Crippen LogP contribution in [-0.4, -0.2) is 17.8 Å². The monoisotopic (exact) mass is 221 g/mol. The fourth-order valence-electron chi connectivity index (χ4n) is 2.27. The van der Waals surface area contributed by atoms with E-state index in [2.05, 4.69) is 0 Å². The van der Waals surface area contributed by atoms with E-state index in [1.54, 1.807) is 6.92 Å². The summed E-state index contributed by atoms with van der Waals surface area (Å²) < 4.78 is 31.6. The fourth-order valence-corrected chi connectivity index (χ4v) is 3.29. The number of hydrogen-bond donors (Lipinski definition) is 2. The second-order valence-electron chi connectivity index (χ2n) is 4.12. The van der Waals surface area contributed by atoms with Gasteiger partial charge in [-0.1, -0.05) is 26.2 Å². The maximum Gasteiger partial charge on any atom is 0.284 e. The topological polar surface area (TPSA) is 80.4 Å². The lowest BCUT2D eigenvalue weighted by Crippen LogP contribution is -2.53. The zero-order chi connectivity index (χ0) is 10.8. The number of nitrogens with two attached hydrogens (primary N) is 1. The average molecular weight is 221 g/mol. The minimum Gasteiger partial charge on any atom is -0.310 e. The molecule has 1 aliphatic rings. The average Bonchev–Trinajstić information content (AvgIpc) is 2.16. The Labute approximate surface area is 85.6 Å². The molecule has 1 aliphatic carbocycles. The second kappa shape index (κ2) is 4.16. The van der Waals surface area contributed by atoms with Crippen LogP contribution in [0, 0.1) is 5.92 Å². The van der Waals surface area contributed by atoms with Crippen molar-refractivity contribution in [3.63, 3.8) is 0 Å². The van der Waals surface area contributed by atoms with Crippen molar-refractivity contribution in [2.75, 3.05) is 0 Å². The minimum atomic E-state index is -4.14. The van der Waals surface area contributed by atoms with Gasteiger partial charge in [-0.3, -0.25) is 4.55 Å². The van der Waals surface area contributed by atoms with Crippen LogP contribution < -0.4 is 5.73 Å². The summed E-state index contributed by atoms with van der Waals surface area (Å²) in [7, 11) is -4.14. The van der Waals surface area contributed by atoms with Gasteiger partial charge in [0.15, 0.2) is 0 Å². The first-order valence-electron chi connectivity index (χ1n) is 5.17. The Hall–Kier alpha value is -0.130. The Bertz CT molecular complexity index is 282. The van der Waals surface area contributed by atoms with Crippen molar-refractivity contribution in [3.8, 4) is 0 Å². The lowest BCUT2D eigenvalue weighted by molar-refractivity contribution is 0.250. The molecule has 3 N–H and O–H groups in total. The van der Waals surface area contributed by atoms with E-state index >= 15 is 0 Å². The molecule has 1 unspecified atom stereocenters. The fraction of sp³-hybridized carbons (Fsp3) is 1.00.